The fraction of sp³-hybridized carbons (Fsp3) is 0.241. The van der Waals surface area contributed by atoms with Crippen molar-refractivity contribution in [2.45, 2.75) is 39.8 Å². The number of hydrogen-bond donors (Lipinski definition) is 0. The van der Waals surface area contributed by atoms with E-state index in [4.69, 9.17) is 14.5 Å². The van der Waals surface area contributed by atoms with E-state index in [-0.39, 0.29) is 5.82 Å². The molecule has 5 nitrogen and oxygen atoms in total. The summed E-state index contributed by atoms with van der Waals surface area (Å²) in [5, 5.41) is 9.69. The number of methoxy groups -OCH3 is 1. The van der Waals surface area contributed by atoms with Crippen molar-refractivity contribution in [3.8, 4) is 17.6 Å². The van der Waals surface area contributed by atoms with Crippen LogP contribution in [0.3, 0.4) is 0 Å². The van der Waals surface area contributed by atoms with Gasteiger partial charge in [-0.05, 0) is 60.4 Å². The number of nitriles is 1. The van der Waals surface area contributed by atoms with Crippen molar-refractivity contribution in [2.75, 3.05) is 7.11 Å². The van der Waals surface area contributed by atoms with Crippen LogP contribution in [0.5, 0.6) is 11.5 Å². The molecule has 0 radical (unpaired) electrons. The molecule has 0 atom stereocenters. The van der Waals surface area contributed by atoms with E-state index in [1.807, 2.05) is 18.2 Å². The molecule has 0 unspecified atom stereocenters. The number of imidazole rings is 1. The molecule has 0 bridgehead atoms. The monoisotopic (exact) mass is 467 g/mol. The van der Waals surface area contributed by atoms with Gasteiger partial charge in [-0.3, -0.25) is 0 Å². The summed E-state index contributed by atoms with van der Waals surface area (Å²) in [4.78, 5) is 4.89. The molecule has 1 aromatic heterocycles. The zero-order valence-corrected chi connectivity index (χ0v) is 20.1. The molecule has 0 spiro atoms. The first kappa shape index (κ1) is 22.7. The predicted molar refractivity (Wildman–Crippen MR) is 134 cm³/mol. The van der Waals surface area contributed by atoms with Gasteiger partial charge in [0.1, 0.15) is 35.3 Å². The van der Waals surface area contributed by atoms with Crippen LogP contribution in [0.25, 0.3) is 16.6 Å². The maximum Gasteiger partial charge on any atom is 0.146 e. The lowest BCUT2D eigenvalue weighted by Crippen LogP contribution is -2.06. The van der Waals surface area contributed by atoms with Crippen LogP contribution in [-0.2, 0) is 19.6 Å². The van der Waals surface area contributed by atoms with Crippen molar-refractivity contribution < 1.29 is 13.9 Å². The number of ether oxygens (including phenoxy) is 2. The van der Waals surface area contributed by atoms with Gasteiger partial charge in [0, 0.05) is 35.7 Å². The molecule has 2 heterocycles. The minimum atomic E-state index is -0.366. The van der Waals surface area contributed by atoms with E-state index in [1.165, 1.54) is 12.1 Å². The van der Waals surface area contributed by atoms with Crippen LogP contribution >= 0.6 is 0 Å². The normalized spacial score (nSPS) is 13.9. The van der Waals surface area contributed by atoms with E-state index in [0.717, 1.165) is 63.3 Å². The highest BCUT2D eigenvalue weighted by Crippen LogP contribution is 2.39. The molecule has 4 aromatic rings. The van der Waals surface area contributed by atoms with Crippen molar-refractivity contribution in [3.05, 3.63) is 94.1 Å². The molecule has 35 heavy (non-hydrogen) atoms. The summed E-state index contributed by atoms with van der Waals surface area (Å²) in [6.07, 6.45) is 1.85. The highest BCUT2D eigenvalue weighted by Gasteiger charge is 2.23. The Kier molecular flexibility index (Phi) is 6.00. The van der Waals surface area contributed by atoms with E-state index >= 15 is 0 Å². The van der Waals surface area contributed by atoms with Gasteiger partial charge in [0.25, 0.3) is 0 Å². The third-order valence-electron chi connectivity index (χ3n) is 6.43. The third-order valence-corrected chi connectivity index (χ3v) is 6.43. The van der Waals surface area contributed by atoms with Crippen LogP contribution in [0.4, 0.5) is 4.39 Å². The Morgan fingerprint density at radius 3 is 2.77 bits per heavy atom. The van der Waals surface area contributed by atoms with Gasteiger partial charge in [-0.2, -0.15) is 5.26 Å². The summed E-state index contributed by atoms with van der Waals surface area (Å²) in [6.45, 7) is 4.87. The Labute approximate surface area is 204 Å². The highest BCUT2D eigenvalue weighted by atomic mass is 19.1. The predicted octanol–water partition coefficient (Wildman–Crippen LogP) is 6.42. The molecule has 3 aromatic carbocycles. The molecule has 6 heteroatoms. The average Bonchev–Trinajstić information content (AvgIpc) is 3.12. The second kappa shape index (κ2) is 9.27. The van der Waals surface area contributed by atoms with Crippen molar-refractivity contribution >= 4 is 16.6 Å². The Bertz CT molecular complexity index is 1510. The Morgan fingerprint density at radius 1 is 1.17 bits per heavy atom. The molecular formula is C29H26FN3O2. The molecule has 0 N–H and O–H groups in total. The van der Waals surface area contributed by atoms with Crippen molar-refractivity contribution in [3.63, 3.8) is 0 Å². The Morgan fingerprint density at radius 2 is 2.00 bits per heavy atom. The maximum absolute atomic E-state index is 13.9. The summed E-state index contributed by atoms with van der Waals surface area (Å²) in [6, 6.07) is 19.0. The van der Waals surface area contributed by atoms with Gasteiger partial charge in [-0.25, -0.2) is 9.37 Å². The first-order chi connectivity index (χ1) is 17.0. The second-order valence-electron chi connectivity index (χ2n) is 8.72. The molecule has 1 aliphatic heterocycles. The standard InChI is InChI=1S/C29H26FN3O2/c1-4-6-27-32-29-24(7-5-8-25(29)34-3)33(27)16-19-9-11-22-20(13-19)17-35-26-14-21(30)10-12-23(26)28(22)18(2)15-31/h5,7-14H,4,6,16-17H2,1-3H3. The van der Waals surface area contributed by atoms with Crippen molar-refractivity contribution in [2.24, 2.45) is 0 Å². The van der Waals surface area contributed by atoms with Gasteiger partial charge >= 0.3 is 0 Å². The number of halogens is 1. The van der Waals surface area contributed by atoms with Gasteiger partial charge in [0.05, 0.1) is 18.7 Å². The number of aromatic nitrogens is 2. The van der Waals surface area contributed by atoms with Crippen molar-refractivity contribution in [1.29, 1.82) is 5.26 Å². The summed E-state index contributed by atoms with van der Waals surface area (Å²) in [5.41, 5.74) is 6.97. The molecular weight excluding hydrogens is 441 g/mol. The maximum atomic E-state index is 13.9. The number of rotatable bonds is 5. The SMILES string of the molecule is CCCc1nc2c(OC)cccc2n1Cc1ccc2c(c1)COc1cc(F)ccc1C2=C(C)C#N. The van der Waals surface area contributed by atoms with E-state index in [1.54, 1.807) is 20.1 Å². The molecule has 0 fully saturated rings. The van der Waals surface area contributed by atoms with E-state index in [0.29, 0.717) is 24.5 Å². The lowest BCUT2D eigenvalue weighted by Gasteiger charge is -2.14. The lowest BCUT2D eigenvalue weighted by molar-refractivity contribution is 0.305. The number of nitrogens with zero attached hydrogens (tertiary/aromatic N) is 3. The van der Waals surface area contributed by atoms with Crippen LogP contribution in [0.15, 0.2) is 60.2 Å². The zero-order chi connectivity index (χ0) is 24.5. The number of para-hydroxylation sites is 1. The summed E-state index contributed by atoms with van der Waals surface area (Å²) >= 11 is 0. The minimum absolute atomic E-state index is 0.294. The van der Waals surface area contributed by atoms with Gasteiger partial charge in [-0.15, -0.1) is 0 Å². The number of fused-ring (bicyclic) bond motifs is 3. The van der Waals surface area contributed by atoms with Crippen LogP contribution in [0.1, 0.15) is 48.3 Å². The molecule has 5 rings (SSSR count). The summed E-state index contributed by atoms with van der Waals surface area (Å²) in [5.74, 6) is 1.86. The first-order valence-electron chi connectivity index (χ1n) is 11.7. The van der Waals surface area contributed by atoms with Crippen LogP contribution in [0.2, 0.25) is 0 Å². The van der Waals surface area contributed by atoms with Gasteiger partial charge < -0.3 is 14.0 Å². The lowest BCUT2D eigenvalue weighted by atomic mass is 9.90. The van der Waals surface area contributed by atoms with Gasteiger partial charge in [0.15, 0.2) is 0 Å². The summed E-state index contributed by atoms with van der Waals surface area (Å²) in [7, 11) is 1.66. The minimum Gasteiger partial charge on any atom is -0.494 e. The first-order valence-corrected chi connectivity index (χ1v) is 11.7. The van der Waals surface area contributed by atoms with E-state index in [2.05, 4.69) is 35.8 Å². The smallest absolute Gasteiger partial charge is 0.146 e. The Hall–Kier alpha value is -4.11. The second-order valence-corrected chi connectivity index (χ2v) is 8.72. The van der Waals surface area contributed by atoms with Crippen molar-refractivity contribution in [1.82, 2.24) is 9.55 Å². The topological polar surface area (TPSA) is 60.1 Å². The molecule has 0 amide bonds. The zero-order valence-electron chi connectivity index (χ0n) is 20.1. The fourth-order valence-electron chi connectivity index (χ4n) is 4.80. The van der Waals surface area contributed by atoms with Gasteiger partial charge in [0.2, 0.25) is 0 Å². The van der Waals surface area contributed by atoms with Crippen LogP contribution in [-0.4, -0.2) is 16.7 Å². The molecule has 0 aliphatic carbocycles. The largest absolute Gasteiger partial charge is 0.494 e. The Balaban J connectivity index is 1.60. The molecule has 176 valence electrons. The highest BCUT2D eigenvalue weighted by molar-refractivity contribution is 5.88. The number of benzene rings is 3. The van der Waals surface area contributed by atoms with Gasteiger partial charge in [-0.1, -0.05) is 25.1 Å². The number of aryl methyl sites for hydroxylation is 1. The average molecular weight is 468 g/mol. The third kappa shape index (κ3) is 4.04. The fourth-order valence-corrected chi connectivity index (χ4v) is 4.80. The summed E-state index contributed by atoms with van der Waals surface area (Å²) < 4.78 is 27.7. The molecule has 0 saturated heterocycles. The number of allylic oxidation sites excluding steroid dienone is 1. The van der Waals surface area contributed by atoms with Crippen LogP contribution < -0.4 is 9.47 Å². The van der Waals surface area contributed by atoms with E-state index < -0.39 is 0 Å². The quantitative estimate of drug-likeness (QED) is 0.318. The molecule has 0 saturated carbocycles. The van der Waals surface area contributed by atoms with E-state index in [9.17, 15) is 9.65 Å². The number of hydrogen-bond acceptors (Lipinski definition) is 4. The van der Waals surface area contributed by atoms with Crippen LogP contribution in [0, 0.1) is 17.1 Å². The molecule has 1 aliphatic rings.